The van der Waals surface area contributed by atoms with Crippen molar-refractivity contribution in [3.05, 3.63) is 30.5 Å². The number of nitrogens with zero attached hydrogens (tertiary/aromatic N) is 5. The van der Waals surface area contributed by atoms with Crippen LogP contribution in [-0.4, -0.2) is 32.8 Å². The minimum atomic E-state index is 0.777. The highest BCUT2D eigenvalue weighted by molar-refractivity contribution is 7.27. The van der Waals surface area contributed by atoms with Crippen LogP contribution in [0.4, 0.5) is 17.5 Å². The van der Waals surface area contributed by atoms with Gasteiger partial charge in [0.15, 0.2) is 5.65 Å². The van der Waals surface area contributed by atoms with Crippen molar-refractivity contribution in [3.63, 3.8) is 0 Å². The number of aromatic nitrogens is 4. The quantitative estimate of drug-likeness (QED) is 0.733. The van der Waals surface area contributed by atoms with Crippen LogP contribution in [0.5, 0.6) is 0 Å². The number of piperidine rings is 1. The molecule has 0 spiro atoms. The molecule has 130 valence electrons. The van der Waals surface area contributed by atoms with Crippen molar-refractivity contribution < 1.29 is 0 Å². The van der Waals surface area contributed by atoms with Gasteiger partial charge < -0.3 is 10.2 Å². The van der Waals surface area contributed by atoms with Gasteiger partial charge in [0.2, 0.25) is 5.95 Å². The Morgan fingerprint density at radius 1 is 1.20 bits per heavy atom. The SMILES string of the molecule is CC1CCN(c2nc(Nc3cccc(P)c3)c3cnn(C)c3n2)CC1. The maximum atomic E-state index is 4.83. The van der Waals surface area contributed by atoms with Gasteiger partial charge in [-0.15, -0.1) is 9.24 Å². The molecule has 2 aromatic heterocycles. The first-order valence-electron chi connectivity index (χ1n) is 8.67. The zero-order valence-electron chi connectivity index (χ0n) is 14.6. The zero-order valence-corrected chi connectivity index (χ0v) is 15.8. The first-order chi connectivity index (χ1) is 12.1. The summed E-state index contributed by atoms with van der Waals surface area (Å²) >= 11 is 0. The molecule has 1 fully saturated rings. The molecule has 3 heterocycles. The van der Waals surface area contributed by atoms with Crippen LogP contribution in [0.15, 0.2) is 30.5 Å². The first-order valence-corrected chi connectivity index (χ1v) is 9.25. The van der Waals surface area contributed by atoms with Crippen molar-refractivity contribution in [2.24, 2.45) is 13.0 Å². The third-order valence-corrected chi connectivity index (χ3v) is 5.16. The van der Waals surface area contributed by atoms with E-state index in [1.165, 1.54) is 12.8 Å². The predicted octanol–water partition coefficient (Wildman–Crippen LogP) is 2.84. The van der Waals surface area contributed by atoms with E-state index in [0.717, 1.165) is 52.8 Å². The van der Waals surface area contributed by atoms with Gasteiger partial charge in [-0.05, 0) is 36.2 Å². The van der Waals surface area contributed by atoms with Gasteiger partial charge in [-0.3, -0.25) is 4.68 Å². The van der Waals surface area contributed by atoms with Crippen LogP contribution < -0.4 is 15.5 Å². The number of fused-ring (bicyclic) bond motifs is 1. The van der Waals surface area contributed by atoms with E-state index in [9.17, 15) is 0 Å². The van der Waals surface area contributed by atoms with Crippen molar-refractivity contribution in [1.29, 1.82) is 0 Å². The number of rotatable bonds is 3. The molecule has 0 aliphatic carbocycles. The first kappa shape index (κ1) is 16.3. The second-order valence-corrected chi connectivity index (χ2v) is 7.46. The van der Waals surface area contributed by atoms with Gasteiger partial charge >= 0.3 is 0 Å². The van der Waals surface area contributed by atoms with E-state index in [4.69, 9.17) is 9.97 Å². The summed E-state index contributed by atoms with van der Waals surface area (Å²) in [6, 6.07) is 8.20. The minimum absolute atomic E-state index is 0.777. The summed E-state index contributed by atoms with van der Waals surface area (Å²) in [4.78, 5) is 11.9. The molecule has 7 heteroatoms. The smallest absolute Gasteiger partial charge is 0.229 e. The van der Waals surface area contributed by atoms with Crippen molar-refractivity contribution in [3.8, 4) is 0 Å². The summed E-state index contributed by atoms with van der Waals surface area (Å²) in [6.45, 7) is 4.32. The molecule has 1 unspecified atom stereocenters. The second kappa shape index (κ2) is 6.60. The highest BCUT2D eigenvalue weighted by Gasteiger charge is 2.20. The fourth-order valence-electron chi connectivity index (χ4n) is 3.21. The molecule has 1 atom stereocenters. The van der Waals surface area contributed by atoms with Crippen molar-refractivity contribution >= 4 is 43.0 Å². The number of benzene rings is 1. The summed E-state index contributed by atoms with van der Waals surface area (Å²) in [7, 11) is 4.64. The molecule has 0 bridgehead atoms. The van der Waals surface area contributed by atoms with Gasteiger partial charge in [0, 0.05) is 25.8 Å². The molecule has 0 saturated carbocycles. The number of nitrogens with one attached hydrogen (secondary N) is 1. The molecule has 1 saturated heterocycles. The summed E-state index contributed by atoms with van der Waals surface area (Å²) in [5.41, 5.74) is 1.86. The van der Waals surface area contributed by atoms with Crippen molar-refractivity contribution in [1.82, 2.24) is 19.7 Å². The summed E-state index contributed by atoms with van der Waals surface area (Å²) < 4.78 is 1.81. The summed E-state index contributed by atoms with van der Waals surface area (Å²) in [5.74, 6) is 2.37. The Labute approximate surface area is 149 Å². The van der Waals surface area contributed by atoms with Crippen molar-refractivity contribution in [2.45, 2.75) is 19.8 Å². The van der Waals surface area contributed by atoms with Gasteiger partial charge in [-0.1, -0.05) is 19.1 Å². The molecular weight excluding hydrogens is 331 g/mol. The third-order valence-electron chi connectivity index (χ3n) is 4.80. The van der Waals surface area contributed by atoms with Crippen LogP contribution in [-0.2, 0) is 7.05 Å². The van der Waals surface area contributed by atoms with E-state index >= 15 is 0 Å². The highest BCUT2D eigenvalue weighted by Crippen LogP contribution is 2.28. The lowest BCUT2D eigenvalue weighted by molar-refractivity contribution is 0.434. The van der Waals surface area contributed by atoms with Gasteiger partial charge in [0.05, 0.1) is 11.6 Å². The van der Waals surface area contributed by atoms with Gasteiger partial charge in [-0.2, -0.15) is 15.1 Å². The Balaban J connectivity index is 1.74. The second-order valence-electron chi connectivity index (χ2n) is 6.80. The fourth-order valence-corrected chi connectivity index (χ4v) is 3.50. The molecule has 1 aromatic carbocycles. The summed E-state index contributed by atoms with van der Waals surface area (Å²) in [5, 5.41) is 9.88. The van der Waals surface area contributed by atoms with Crippen LogP contribution in [0.25, 0.3) is 11.0 Å². The average Bonchev–Trinajstić information content (AvgIpc) is 2.97. The molecule has 1 aliphatic heterocycles. The molecule has 1 N–H and O–H groups in total. The van der Waals surface area contributed by atoms with E-state index in [2.05, 4.69) is 43.6 Å². The Bertz CT molecular complexity index is 898. The van der Waals surface area contributed by atoms with Crippen LogP contribution in [0.1, 0.15) is 19.8 Å². The van der Waals surface area contributed by atoms with Crippen molar-refractivity contribution in [2.75, 3.05) is 23.3 Å². The monoisotopic (exact) mass is 354 g/mol. The molecule has 4 rings (SSSR count). The van der Waals surface area contributed by atoms with Crippen LogP contribution >= 0.6 is 9.24 Å². The number of aryl methyl sites for hydroxylation is 1. The average molecular weight is 354 g/mol. The van der Waals surface area contributed by atoms with Gasteiger partial charge in [0.1, 0.15) is 5.82 Å². The Morgan fingerprint density at radius 3 is 2.76 bits per heavy atom. The standard InChI is InChI=1S/C18H23N6P/c1-12-6-8-24(9-7-12)18-21-16(15-11-19-23(2)17(15)22-18)20-13-4-3-5-14(25)10-13/h3-5,10-12H,6-9,25H2,1-2H3,(H,20,21,22). The Kier molecular flexibility index (Phi) is 4.30. The minimum Gasteiger partial charge on any atom is -0.341 e. The van der Waals surface area contributed by atoms with Crippen LogP contribution in [0.2, 0.25) is 0 Å². The van der Waals surface area contributed by atoms with Gasteiger partial charge in [0.25, 0.3) is 0 Å². The predicted molar refractivity (Wildman–Crippen MR) is 106 cm³/mol. The van der Waals surface area contributed by atoms with Gasteiger partial charge in [-0.25, -0.2) is 0 Å². The number of hydrogen-bond donors (Lipinski definition) is 1. The highest BCUT2D eigenvalue weighted by atomic mass is 31.0. The Hall–Kier alpha value is -2.20. The molecule has 3 aromatic rings. The van der Waals surface area contributed by atoms with E-state index in [1.807, 2.05) is 30.1 Å². The van der Waals surface area contributed by atoms with E-state index in [1.54, 1.807) is 0 Å². The maximum absolute atomic E-state index is 4.83. The lowest BCUT2D eigenvalue weighted by atomic mass is 10.00. The number of hydrogen-bond acceptors (Lipinski definition) is 5. The molecular formula is C18H23N6P. The zero-order chi connectivity index (χ0) is 17.4. The van der Waals surface area contributed by atoms with E-state index in [-0.39, 0.29) is 0 Å². The topological polar surface area (TPSA) is 58.9 Å². The third kappa shape index (κ3) is 3.31. The number of anilines is 3. The maximum Gasteiger partial charge on any atom is 0.229 e. The Morgan fingerprint density at radius 2 is 2.00 bits per heavy atom. The van der Waals surface area contributed by atoms with E-state index in [0.29, 0.717) is 0 Å². The molecule has 0 radical (unpaired) electrons. The fraction of sp³-hybridized carbons (Fsp3) is 0.389. The lowest BCUT2D eigenvalue weighted by Gasteiger charge is -2.30. The van der Waals surface area contributed by atoms with Crippen LogP contribution in [0.3, 0.4) is 0 Å². The molecule has 25 heavy (non-hydrogen) atoms. The molecule has 0 amide bonds. The normalized spacial score (nSPS) is 15.7. The molecule has 1 aliphatic rings. The summed E-state index contributed by atoms with van der Waals surface area (Å²) in [6.07, 6.45) is 4.19. The largest absolute Gasteiger partial charge is 0.341 e. The molecule has 6 nitrogen and oxygen atoms in total. The van der Waals surface area contributed by atoms with E-state index < -0.39 is 0 Å². The lowest BCUT2D eigenvalue weighted by Crippen LogP contribution is -2.34. The van der Waals surface area contributed by atoms with Crippen LogP contribution in [0, 0.1) is 5.92 Å².